The minimum Gasteiger partial charge on any atom is -0.456 e. The van der Waals surface area contributed by atoms with Gasteiger partial charge in [0.25, 0.3) is 0 Å². The monoisotopic (exact) mass is 1900 g/mol. The van der Waals surface area contributed by atoms with Crippen LogP contribution in [0.4, 0.5) is 0 Å². The van der Waals surface area contributed by atoms with E-state index < -0.39 is 0 Å². The highest BCUT2D eigenvalue weighted by Gasteiger charge is 2.28. The SMILES string of the molecule is c1ccc(-c2cc(-c3ccc4oc5ccccc5c4c3)nc(-n3c4ccccc4c4c3ccc3c5ccccc5n(-c5ccccc5)c34)n2)cc1.c1ccc(-c2cc(-c3cccc4oc5ccccc5c34)nc(-n3c4ccccc4c4cc5oc6ccccc6c5cc43)n2)cc1.c1ccc(-c2ccc(-c3cc(-c4ccc5c(c4)oc4ccccc45)nc(-n4c5ccccc5c5cc6sc7ccccc7c6cc54)n3)cc2)cc1. The molecule has 686 valence electrons. The topological polar surface area (TPSA) is 150 Å². The Balaban J connectivity index is 0.000000102. The highest BCUT2D eigenvalue weighted by molar-refractivity contribution is 7.25. The Morgan fingerprint density at radius 2 is 0.524 bits per heavy atom. The lowest BCUT2D eigenvalue weighted by atomic mass is 10.0. The minimum atomic E-state index is 0.606. The van der Waals surface area contributed by atoms with E-state index in [0.717, 1.165) is 210 Å². The zero-order chi connectivity index (χ0) is 96.4. The normalized spacial score (nSPS) is 11.9. The number of thiophene rings is 1. The van der Waals surface area contributed by atoms with Crippen LogP contribution in [0.1, 0.15) is 0 Å². The van der Waals surface area contributed by atoms with E-state index in [1.165, 1.54) is 69.3 Å². The molecule has 20 aromatic carbocycles. The zero-order valence-corrected chi connectivity index (χ0v) is 79.4. The molecule has 0 atom stereocenters. The van der Waals surface area contributed by atoms with Crippen molar-refractivity contribution in [2.24, 2.45) is 0 Å². The first-order valence-electron chi connectivity index (χ1n) is 49.2. The Hall–Kier alpha value is -19.7. The summed E-state index contributed by atoms with van der Waals surface area (Å²) in [6.45, 7) is 0. The number of hydrogen-bond acceptors (Lipinski definition) is 11. The van der Waals surface area contributed by atoms with Crippen LogP contribution in [-0.4, -0.2) is 48.2 Å². The number of benzene rings is 20. The quantitative estimate of drug-likeness (QED) is 0.122. The first kappa shape index (κ1) is 83.1. The molecular weight excluding hydrogens is 1820 g/mol. The first-order chi connectivity index (χ1) is 72.8. The maximum absolute atomic E-state index is 6.32. The number of hydrogen-bond donors (Lipinski definition) is 0. The van der Waals surface area contributed by atoms with Crippen molar-refractivity contribution >= 4 is 206 Å². The molecule has 0 aliphatic heterocycles. The lowest BCUT2D eigenvalue weighted by molar-refractivity contribution is 0.668. The molecular formula is C132H78N10O4S. The number of fused-ring (bicyclic) bond motifs is 28. The Kier molecular flexibility index (Phi) is 18.9. The maximum Gasteiger partial charge on any atom is 0.235 e. The maximum atomic E-state index is 6.32. The Morgan fingerprint density at radius 1 is 0.163 bits per heavy atom. The highest BCUT2D eigenvalue weighted by atomic mass is 32.1. The Morgan fingerprint density at radius 3 is 1.12 bits per heavy atom. The summed E-state index contributed by atoms with van der Waals surface area (Å²) in [5, 5.41) is 20.5. The van der Waals surface area contributed by atoms with E-state index in [4.69, 9.17) is 47.6 Å². The standard InChI is InChI=1S/C46H28N4O.C46H27N3OS.C40H23N3O2/c1-3-13-29(14-4-1)37-28-38(30-23-26-43-36(27-30)33-18-9-12-22-42(33)51-43)48-46(47-37)50-40-21-11-8-19-35(40)44-41(50)25-24-34-32-17-7-10-20-39(32)49(45(34)44)31-15-5-2-6-16-31;1-2-10-28(11-3-1)29-18-20-30(21-19-29)38-27-39(31-22-23-34-33-13-5-8-16-42(33)50-43(34)24-31)48-46(47-38)49-40-15-7-4-12-32(40)36-26-45-37(25-41(36)49)35-14-6-9-17-44(35)51-45;1-2-11-24(12-3-1)31-23-32(27-16-10-20-37-39(27)28-15-6-9-19-36(28)44-37)42-40(41-31)43-33-17-7-4-13-25(33)29-22-38-30(21-34(29)43)26-14-5-8-18-35(26)45-38/h1-28H;1-27H;1-23H. The fourth-order valence-electron chi connectivity index (χ4n) is 22.3. The molecule has 14 nitrogen and oxygen atoms in total. The van der Waals surface area contributed by atoms with Crippen LogP contribution in [0.2, 0.25) is 0 Å². The molecule has 0 unspecified atom stereocenters. The fourth-order valence-corrected chi connectivity index (χ4v) is 23.4. The molecule has 0 fully saturated rings. The molecule has 0 bridgehead atoms. The predicted octanol–water partition coefficient (Wildman–Crippen LogP) is 35.5. The average Bonchev–Trinajstić information content (AvgIpc) is 1.56. The van der Waals surface area contributed by atoms with E-state index in [2.05, 4.69) is 388 Å². The van der Waals surface area contributed by atoms with Gasteiger partial charge in [0.1, 0.15) is 44.7 Å². The second kappa shape index (κ2) is 33.5. The van der Waals surface area contributed by atoms with E-state index >= 15 is 0 Å². The van der Waals surface area contributed by atoms with Crippen molar-refractivity contribution in [1.29, 1.82) is 0 Å². The van der Waals surface area contributed by atoms with Crippen molar-refractivity contribution in [3.63, 3.8) is 0 Å². The fraction of sp³-hybridized carbons (Fsp3) is 0. The minimum absolute atomic E-state index is 0.606. The summed E-state index contributed by atoms with van der Waals surface area (Å²) in [4.78, 5) is 31.9. The number of furan rings is 4. The van der Waals surface area contributed by atoms with Gasteiger partial charge >= 0.3 is 0 Å². The molecule has 32 aromatic rings. The summed E-state index contributed by atoms with van der Waals surface area (Å²) >= 11 is 1.84. The van der Waals surface area contributed by atoms with Crippen molar-refractivity contribution in [3.8, 4) is 102 Å². The predicted molar refractivity (Wildman–Crippen MR) is 604 cm³/mol. The van der Waals surface area contributed by atoms with Crippen molar-refractivity contribution in [2.45, 2.75) is 0 Å². The number of aromatic nitrogens is 10. The lowest BCUT2D eigenvalue weighted by Crippen LogP contribution is -2.04. The molecule has 0 radical (unpaired) electrons. The van der Waals surface area contributed by atoms with Gasteiger partial charge in [-0.05, 0) is 163 Å². The van der Waals surface area contributed by atoms with E-state index in [-0.39, 0.29) is 0 Å². The second-order valence-electron chi connectivity index (χ2n) is 37.4. The second-order valence-corrected chi connectivity index (χ2v) is 38.5. The number of rotatable bonds is 11. The molecule has 0 saturated carbocycles. The van der Waals surface area contributed by atoms with Gasteiger partial charge in [0.05, 0.1) is 78.3 Å². The first-order valence-corrected chi connectivity index (χ1v) is 50.1. The van der Waals surface area contributed by atoms with Crippen LogP contribution < -0.4 is 0 Å². The highest BCUT2D eigenvalue weighted by Crippen LogP contribution is 2.48. The van der Waals surface area contributed by atoms with Gasteiger partial charge < -0.3 is 22.2 Å². The summed E-state index contributed by atoms with van der Waals surface area (Å²) in [5.74, 6) is 1.86. The third kappa shape index (κ3) is 13.6. The lowest BCUT2D eigenvalue weighted by Gasteiger charge is -2.12. The van der Waals surface area contributed by atoms with Gasteiger partial charge in [0.15, 0.2) is 0 Å². The molecule has 147 heavy (non-hydrogen) atoms. The van der Waals surface area contributed by atoms with E-state index in [9.17, 15) is 0 Å². The van der Waals surface area contributed by atoms with Gasteiger partial charge in [-0.15, -0.1) is 11.3 Å². The van der Waals surface area contributed by atoms with Crippen molar-refractivity contribution in [3.05, 3.63) is 473 Å². The van der Waals surface area contributed by atoms with Gasteiger partial charge in [-0.3, -0.25) is 13.7 Å². The average molecular weight is 1900 g/mol. The third-order valence-corrected chi connectivity index (χ3v) is 30.2. The van der Waals surface area contributed by atoms with E-state index in [1.807, 2.05) is 114 Å². The van der Waals surface area contributed by atoms with Gasteiger partial charge in [-0.2, -0.15) is 0 Å². The van der Waals surface area contributed by atoms with Crippen LogP contribution >= 0.6 is 11.3 Å². The van der Waals surface area contributed by atoms with Gasteiger partial charge in [-0.1, -0.05) is 322 Å². The Labute approximate surface area is 841 Å². The van der Waals surface area contributed by atoms with Gasteiger partial charge in [-0.25, -0.2) is 29.9 Å². The molecule has 12 heterocycles. The van der Waals surface area contributed by atoms with Crippen molar-refractivity contribution in [1.82, 2.24) is 48.2 Å². The largest absolute Gasteiger partial charge is 0.456 e. The molecule has 0 aliphatic rings. The van der Waals surface area contributed by atoms with E-state index in [1.54, 1.807) is 0 Å². The molecule has 15 heteroatoms. The van der Waals surface area contributed by atoms with Crippen molar-refractivity contribution in [2.75, 3.05) is 0 Å². The third-order valence-electron chi connectivity index (χ3n) is 29.0. The summed E-state index contributed by atoms with van der Waals surface area (Å²) in [6, 6.07) is 165. The molecule has 0 aliphatic carbocycles. The number of para-hydroxylation sites is 9. The van der Waals surface area contributed by atoms with Crippen LogP contribution in [-0.2, 0) is 0 Å². The summed E-state index contributed by atoms with van der Waals surface area (Å²) < 4.78 is 36.7. The van der Waals surface area contributed by atoms with Crippen LogP contribution in [0.15, 0.2) is 491 Å². The van der Waals surface area contributed by atoms with Crippen LogP contribution in [0, 0.1) is 0 Å². The van der Waals surface area contributed by atoms with Crippen LogP contribution in [0.25, 0.3) is 297 Å². The summed E-state index contributed by atoms with van der Waals surface area (Å²) in [6.07, 6.45) is 0. The van der Waals surface area contributed by atoms with Crippen LogP contribution in [0.5, 0.6) is 0 Å². The van der Waals surface area contributed by atoms with Crippen molar-refractivity contribution < 1.29 is 17.7 Å². The molecule has 0 N–H and O–H groups in total. The molecule has 0 saturated heterocycles. The number of nitrogens with zero attached hydrogens (tertiary/aromatic N) is 10. The molecule has 0 spiro atoms. The summed E-state index contributed by atoms with van der Waals surface area (Å²) in [7, 11) is 0. The van der Waals surface area contributed by atoms with E-state index in [0.29, 0.717) is 17.8 Å². The zero-order valence-electron chi connectivity index (χ0n) is 78.5. The Bertz CT molecular complexity index is 11000. The molecule has 0 amide bonds. The molecule has 12 aromatic heterocycles. The van der Waals surface area contributed by atoms with Gasteiger partial charge in [0.2, 0.25) is 17.8 Å². The molecule has 32 rings (SSSR count). The van der Waals surface area contributed by atoms with Gasteiger partial charge in [0, 0.05) is 145 Å². The smallest absolute Gasteiger partial charge is 0.235 e. The summed E-state index contributed by atoms with van der Waals surface area (Å²) in [5.41, 5.74) is 30.2. The van der Waals surface area contributed by atoms with Crippen LogP contribution in [0.3, 0.4) is 0 Å².